The highest BCUT2D eigenvalue weighted by molar-refractivity contribution is 6.42. The Balaban J connectivity index is 1.75. The van der Waals surface area contributed by atoms with Gasteiger partial charge in [0.15, 0.2) is 0 Å². The first-order valence-electron chi connectivity index (χ1n) is 10.2. The van der Waals surface area contributed by atoms with Crippen molar-refractivity contribution in [2.45, 2.75) is 56.8 Å². The molecule has 162 valence electrons. The van der Waals surface area contributed by atoms with E-state index in [4.69, 9.17) is 39.0 Å². The van der Waals surface area contributed by atoms with Crippen molar-refractivity contribution in [3.8, 4) is 0 Å². The molecule has 9 heteroatoms. The lowest BCUT2D eigenvalue weighted by Gasteiger charge is -2.34. The Bertz CT molecular complexity index is 672. The number of carboxylic acid groups (broad SMARTS) is 1. The Labute approximate surface area is 183 Å². The number of unbranched alkanes of at least 4 members (excludes halogenated alkanes) is 1. The van der Waals surface area contributed by atoms with E-state index in [1.54, 1.807) is 0 Å². The van der Waals surface area contributed by atoms with Gasteiger partial charge in [0.2, 0.25) is 0 Å². The van der Waals surface area contributed by atoms with E-state index < -0.39 is 18.6 Å². The summed E-state index contributed by atoms with van der Waals surface area (Å²) in [6.45, 7) is 2.52. The van der Waals surface area contributed by atoms with Gasteiger partial charge >= 0.3 is 13.1 Å². The van der Waals surface area contributed by atoms with Crippen LogP contribution in [0.3, 0.4) is 0 Å². The Morgan fingerprint density at radius 2 is 1.86 bits per heavy atom. The lowest BCUT2D eigenvalue weighted by molar-refractivity contribution is -0.144. The molecular formula is C20H31BCl2N2O4. The first-order chi connectivity index (χ1) is 13.7. The van der Waals surface area contributed by atoms with Crippen LogP contribution in [0, 0.1) is 5.92 Å². The molecule has 0 aliphatic carbocycles. The zero-order valence-corrected chi connectivity index (χ0v) is 18.2. The fourth-order valence-corrected chi connectivity index (χ4v) is 4.20. The summed E-state index contributed by atoms with van der Waals surface area (Å²) in [5.74, 6) is -0.410. The number of nitrogens with two attached hydrogens (primary N) is 1. The molecule has 0 bridgehead atoms. The van der Waals surface area contributed by atoms with Gasteiger partial charge in [-0.25, -0.2) is 0 Å². The van der Waals surface area contributed by atoms with Gasteiger partial charge in [0.1, 0.15) is 5.54 Å². The van der Waals surface area contributed by atoms with Gasteiger partial charge in [-0.3, -0.25) is 4.79 Å². The molecule has 1 aliphatic rings. The minimum atomic E-state index is -1.35. The highest BCUT2D eigenvalue weighted by Gasteiger charge is 2.34. The molecule has 1 heterocycles. The fourth-order valence-electron chi connectivity index (χ4n) is 3.88. The second-order valence-corrected chi connectivity index (χ2v) is 8.99. The molecule has 0 aromatic heterocycles. The minimum absolute atomic E-state index is 0.238. The van der Waals surface area contributed by atoms with Crippen molar-refractivity contribution in [2.24, 2.45) is 11.7 Å². The van der Waals surface area contributed by atoms with Gasteiger partial charge in [-0.15, -0.1) is 0 Å². The van der Waals surface area contributed by atoms with Crippen LogP contribution in [0.5, 0.6) is 0 Å². The second-order valence-electron chi connectivity index (χ2n) is 8.18. The number of rotatable bonds is 11. The monoisotopic (exact) mass is 444 g/mol. The lowest BCUT2D eigenvalue weighted by atomic mass is 9.81. The van der Waals surface area contributed by atoms with Crippen LogP contribution in [-0.4, -0.2) is 58.3 Å². The van der Waals surface area contributed by atoms with Crippen molar-refractivity contribution in [3.63, 3.8) is 0 Å². The van der Waals surface area contributed by atoms with Crippen molar-refractivity contribution >= 4 is 36.3 Å². The van der Waals surface area contributed by atoms with E-state index in [-0.39, 0.29) is 6.32 Å². The number of likely N-dealkylation sites (tertiary alicyclic amines) is 1. The van der Waals surface area contributed by atoms with Crippen LogP contribution >= 0.6 is 23.2 Å². The van der Waals surface area contributed by atoms with Gasteiger partial charge in [0, 0.05) is 6.54 Å². The standard InChI is InChI=1S/C20H31BCl2N2O4/c22-17-4-3-16(14-18(17)23)13-15-5-10-25(11-6-15)12-8-20(24,19(26)27)7-1-2-9-21(28)29/h3-4,14-15,28-29H,1-2,5-13,24H2,(H,26,27). The second kappa shape index (κ2) is 11.5. The molecule has 1 aliphatic heterocycles. The maximum atomic E-state index is 11.7. The van der Waals surface area contributed by atoms with Crippen molar-refractivity contribution in [3.05, 3.63) is 33.8 Å². The molecule has 1 fully saturated rings. The molecule has 0 amide bonds. The molecule has 0 saturated carbocycles. The SMILES string of the molecule is NC(CCCCB(O)O)(CCN1CCC(Cc2ccc(Cl)c(Cl)c2)CC1)C(=O)O. The number of aliphatic carboxylic acids is 1. The molecule has 2 rings (SSSR count). The molecule has 29 heavy (non-hydrogen) atoms. The van der Waals surface area contributed by atoms with Gasteiger partial charge in [-0.2, -0.15) is 0 Å². The molecular weight excluding hydrogens is 414 g/mol. The van der Waals surface area contributed by atoms with Gasteiger partial charge in [0.25, 0.3) is 0 Å². The zero-order chi connectivity index (χ0) is 21.4. The Morgan fingerprint density at radius 1 is 1.17 bits per heavy atom. The lowest BCUT2D eigenvalue weighted by Crippen LogP contribution is -2.50. The average molecular weight is 445 g/mol. The van der Waals surface area contributed by atoms with Crippen molar-refractivity contribution in [2.75, 3.05) is 19.6 Å². The maximum absolute atomic E-state index is 11.7. The van der Waals surface area contributed by atoms with Crippen molar-refractivity contribution in [1.82, 2.24) is 4.90 Å². The van der Waals surface area contributed by atoms with Crippen molar-refractivity contribution in [1.29, 1.82) is 0 Å². The normalized spacial score (nSPS) is 17.8. The molecule has 1 unspecified atom stereocenters. The van der Waals surface area contributed by atoms with Gasteiger partial charge in [0.05, 0.1) is 10.0 Å². The summed E-state index contributed by atoms with van der Waals surface area (Å²) in [4.78, 5) is 14.0. The molecule has 1 atom stereocenters. The maximum Gasteiger partial charge on any atom is 0.451 e. The summed E-state index contributed by atoms with van der Waals surface area (Å²) >= 11 is 12.1. The molecule has 5 N–H and O–H groups in total. The number of piperidine rings is 1. The third-order valence-corrected chi connectivity index (χ3v) is 6.59. The largest absolute Gasteiger partial charge is 0.480 e. The molecule has 1 saturated heterocycles. The summed E-state index contributed by atoms with van der Waals surface area (Å²) in [5, 5.41) is 28.5. The number of hydrogen-bond acceptors (Lipinski definition) is 5. The average Bonchev–Trinajstić information content (AvgIpc) is 2.67. The van der Waals surface area contributed by atoms with Crippen LogP contribution in [0.15, 0.2) is 18.2 Å². The Kier molecular flexibility index (Phi) is 9.72. The summed E-state index contributed by atoms with van der Waals surface area (Å²) in [5.41, 5.74) is 6.08. The van der Waals surface area contributed by atoms with Crippen molar-refractivity contribution < 1.29 is 19.9 Å². The quantitative estimate of drug-likeness (QED) is 0.308. The van der Waals surface area contributed by atoms with E-state index in [1.807, 2.05) is 18.2 Å². The topological polar surface area (TPSA) is 107 Å². The van der Waals surface area contributed by atoms with Crippen LogP contribution in [0.2, 0.25) is 16.4 Å². The third kappa shape index (κ3) is 8.08. The number of carboxylic acids is 1. The van der Waals surface area contributed by atoms with Crippen LogP contribution in [-0.2, 0) is 11.2 Å². The number of nitrogens with zero attached hydrogens (tertiary/aromatic N) is 1. The van der Waals surface area contributed by atoms with E-state index in [1.165, 1.54) is 5.56 Å². The summed E-state index contributed by atoms with van der Waals surface area (Å²) in [6, 6.07) is 5.79. The number of carbonyl (C=O) groups is 1. The zero-order valence-electron chi connectivity index (χ0n) is 16.7. The predicted octanol–water partition coefficient (Wildman–Crippen LogP) is 3.06. The summed E-state index contributed by atoms with van der Waals surface area (Å²) in [6.07, 6.45) is 5.15. The Morgan fingerprint density at radius 3 is 2.45 bits per heavy atom. The molecule has 1 aromatic rings. The smallest absolute Gasteiger partial charge is 0.451 e. The van der Waals surface area contributed by atoms with Crippen LogP contribution in [0.4, 0.5) is 0 Å². The fraction of sp³-hybridized carbons (Fsp3) is 0.650. The van der Waals surface area contributed by atoms with E-state index in [9.17, 15) is 9.90 Å². The third-order valence-electron chi connectivity index (χ3n) is 5.85. The van der Waals surface area contributed by atoms with E-state index in [2.05, 4.69) is 4.90 Å². The van der Waals surface area contributed by atoms with Gasteiger partial charge in [-0.1, -0.05) is 42.1 Å². The first-order valence-corrected chi connectivity index (χ1v) is 11.0. The summed E-state index contributed by atoms with van der Waals surface area (Å²) < 4.78 is 0. The molecule has 0 spiro atoms. The Hall–Kier alpha value is -0.825. The minimum Gasteiger partial charge on any atom is -0.480 e. The van der Waals surface area contributed by atoms with E-state index in [0.29, 0.717) is 48.2 Å². The number of halogens is 2. The van der Waals surface area contributed by atoms with E-state index in [0.717, 1.165) is 32.4 Å². The first kappa shape index (κ1) is 24.4. The van der Waals surface area contributed by atoms with Gasteiger partial charge < -0.3 is 25.8 Å². The van der Waals surface area contributed by atoms with E-state index >= 15 is 0 Å². The highest BCUT2D eigenvalue weighted by Crippen LogP contribution is 2.27. The number of hydrogen-bond donors (Lipinski definition) is 4. The van der Waals surface area contributed by atoms with Gasteiger partial charge in [-0.05, 0) is 75.1 Å². The van der Waals surface area contributed by atoms with Crippen LogP contribution < -0.4 is 5.73 Å². The molecule has 1 aromatic carbocycles. The number of benzene rings is 1. The summed E-state index contributed by atoms with van der Waals surface area (Å²) in [7, 11) is -1.35. The van der Waals surface area contributed by atoms with Crippen LogP contribution in [0.25, 0.3) is 0 Å². The molecule has 6 nitrogen and oxygen atoms in total. The highest BCUT2D eigenvalue weighted by atomic mass is 35.5. The molecule has 0 radical (unpaired) electrons. The predicted molar refractivity (Wildman–Crippen MR) is 117 cm³/mol. The van der Waals surface area contributed by atoms with Crippen LogP contribution in [0.1, 0.15) is 44.1 Å².